The summed E-state index contributed by atoms with van der Waals surface area (Å²) in [6, 6.07) is 7.74. The van der Waals surface area contributed by atoms with E-state index >= 15 is 0 Å². The molecule has 0 aliphatic carbocycles. The second-order valence-corrected chi connectivity index (χ2v) is 6.13. The highest BCUT2D eigenvalue weighted by Crippen LogP contribution is 2.30. The number of ether oxygens (including phenoxy) is 2. The van der Waals surface area contributed by atoms with E-state index in [2.05, 4.69) is 21.5 Å². The monoisotopic (exact) mass is 342 g/mol. The van der Waals surface area contributed by atoms with Crippen LogP contribution < -0.4 is 10.1 Å². The van der Waals surface area contributed by atoms with Gasteiger partial charge in [0.05, 0.1) is 18.7 Å². The summed E-state index contributed by atoms with van der Waals surface area (Å²) in [5, 5.41) is 16.7. The molecule has 1 aromatic carbocycles. The first kappa shape index (κ1) is 17.4. The van der Waals surface area contributed by atoms with Crippen LogP contribution in [0.15, 0.2) is 22.7 Å². The molecule has 2 heterocycles. The minimum Gasteiger partial charge on any atom is -0.495 e. The van der Waals surface area contributed by atoms with Crippen molar-refractivity contribution in [2.24, 2.45) is 5.92 Å². The Balaban J connectivity index is 1.75. The normalized spacial score (nSPS) is 16.4. The molecule has 132 valence electrons. The predicted molar refractivity (Wildman–Crippen MR) is 89.9 cm³/mol. The van der Waals surface area contributed by atoms with Crippen LogP contribution in [0.5, 0.6) is 5.75 Å². The lowest BCUT2D eigenvalue weighted by atomic mass is 9.91. The molecule has 2 aromatic rings. The molecule has 1 aliphatic heterocycles. The van der Waals surface area contributed by atoms with E-state index < -0.39 is 0 Å². The van der Waals surface area contributed by atoms with Gasteiger partial charge in [-0.2, -0.15) is 10.2 Å². The van der Waals surface area contributed by atoms with Gasteiger partial charge in [0.25, 0.3) is 0 Å². The molecule has 7 heteroatoms. The third-order valence-corrected chi connectivity index (χ3v) is 4.46. The molecule has 7 nitrogen and oxygen atoms in total. The Morgan fingerprint density at radius 1 is 1.40 bits per heavy atom. The maximum absolute atomic E-state index is 9.24. The quantitative estimate of drug-likeness (QED) is 0.862. The topological polar surface area (TPSA) is 93.2 Å². The van der Waals surface area contributed by atoms with E-state index in [1.807, 2.05) is 25.1 Å². The van der Waals surface area contributed by atoms with Crippen LogP contribution in [0.1, 0.15) is 41.7 Å². The highest BCUT2D eigenvalue weighted by molar-refractivity contribution is 5.45. The molecule has 25 heavy (non-hydrogen) atoms. The molecule has 0 radical (unpaired) electrons. The second kappa shape index (κ2) is 8.10. The number of benzene rings is 1. The van der Waals surface area contributed by atoms with Crippen molar-refractivity contribution in [2.45, 2.75) is 32.4 Å². The number of nitrogens with zero attached hydrogens (tertiary/aromatic N) is 3. The van der Waals surface area contributed by atoms with Gasteiger partial charge < -0.3 is 19.3 Å². The Morgan fingerprint density at radius 2 is 2.20 bits per heavy atom. The molecule has 1 saturated heterocycles. The Morgan fingerprint density at radius 3 is 2.84 bits per heavy atom. The van der Waals surface area contributed by atoms with Crippen LogP contribution >= 0.6 is 0 Å². The molecule has 1 aliphatic rings. The molecule has 1 atom stereocenters. The Hall–Kier alpha value is -2.43. The van der Waals surface area contributed by atoms with Crippen molar-refractivity contribution in [3.63, 3.8) is 0 Å². The van der Waals surface area contributed by atoms with E-state index in [1.165, 1.54) is 0 Å². The largest absolute Gasteiger partial charge is 0.495 e. The number of nitrogens with one attached hydrogen (secondary N) is 1. The number of aromatic nitrogens is 2. The van der Waals surface area contributed by atoms with E-state index in [4.69, 9.17) is 14.0 Å². The molecular weight excluding hydrogens is 320 g/mol. The molecule has 1 N–H and O–H groups in total. The van der Waals surface area contributed by atoms with Crippen molar-refractivity contribution in [2.75, 3.05) is 20.3 Å². The van der Waals surface area contributed by atoms with E-state index in [1.54, 1.807) is 7.11 Å². The fourth-order valence-corrected chi connectivity index (χ4v) is 3.12. The summed E-state index contributed by atoms with van der Waals surface area (Å²) >= 11 is 0. The smallest absolute Gasteiger partial charge is 0.244 e. The minimum atomic E-state index is -0.0299. The summed E-state index contributed by atoms with van der Waals surface area (Å²) in [7, 11) is 1.56. The lowest BCUT2D eigenvalue weighted by Crippen LogP contribution is -2.32. The van der Waals surface area contributed by atoms with Crippen molar-refractivity contribution in [1.82, 2.24) is 15.5 Å². The highest BCUT2D eigenvalue weighted by Gasteiger charge is 2.29. The van der Waals surface area contributed by atoms with Gasteiger partial charge >= 0.3 is 0 Å². The van der Waals surface area contributed by atoms with Gasteiger partial charge in [-0.25, -0.2) is 0 Å². The predicted octanol–water partition coefficient (Wildman–Crippen LogP) is 2.52. The van der Waals surface area contributed by atoms with Gasteiger partial charge in [-0.3, -0.25) is 0 Å². The van der Waals surface area contributed by atoms with Gasteiger partial charge in [0.1, 0.15) is 11.8 Å². The second-order valence-electron chi connectivity index (χ2n) is 6.13. The lowest BCUT2D eigenvalue weighted by Gasteiger charge is -2.28. The highest BCUT2D eigenvalue weighted by atomic mass is 16.5. The third kappa shape index (κ3) is 4.16. The van der Waals surface area contributed by atoms with Crippen molar-refractivity contribution in [3.05, 3.63) is 41.0 Å². The van der Waals surface area contributed by atoms with E-state index in [0.717, 1.165) is 31.6 Å². The molecule has 3 rings (SSSR count). The van der Waals surface area contributed by atoms with Crippen LogP contribution in [0.25, 0.3) is 0 Å². The maximum Gasteiger partial charge on any atom is 0.244 e. The number of hydrogen-bond acceptors (Lipinski definition) is 7. The molecule has 0 bridgehead atoms. The van der Waals surface area contributed by atoms with Crippen LogP contribution in [0.3, 0.4) is 0 Å². The van der Waals surface area contributed by atoms with Crippen molar-refractivity contribution in [1.29, 1.82) is 5.26 Å². The third-order valence-electron chi connectivity index (χ3n) is 4.46. The first-order valence-corrected chi connectivity index (χ1v) is 8.39. The van der Waals surface area contributed by atoms with Gasteiger partial charge in [0.2, 0.25) is 5.89 Å². The van der Waals surface area contributed by atoms with Crippen molar-refractivity contribution in [3.8, 4) is 11.8 Å². The number of aryl methyl sites for hydroxylation is 1. The zero-order valence-corrected chi connectivity index (χ0v) is 14.5. The molecule has 0 amide bonds. The van der Waals surface area contributed by atoms with Crippen LogP contribution in [-0.4, -0.2) is 30.5 Å². The summed E-state index contributed by atoms with van der Waals surface area (Å²) in [5.74, 6) is 2.20. The first-order valence-electron chi connectivity index (χ1n) is 8.39. The van der Waals surface area contributed by atoms with Crippen molar-refractivity contribution < 1.29 is 14.0 Å². The summed E-state index contributed by atoms with van der Waals surface area (Å²) in [5.41, 5.74) is 1.53. The Labute approximate surface area is 146 Å². The van der Waals surface area contributed by atoms with E-state index in [0.29, 0.717) is 35.5 Å². The van der Waals surface area contributed by atoms with Crippen LogP contribution in [0.4, 0.5) is 0 Å². The van der Waals surface area contributed by atoms with Gasteiger partial charge in [0, 0.05) is 19.8 Å². The van der Waals surface area contributed by atoms with Gasteiger partial charge in [-0.05, 0) is 43.4 Å². The first-order chi connectivity index (χ1) is 12.2. The number of nitriles is 1. The van der Waals surface area contributed by atoms with Crippen molar-refractivity contribution >= 4 is 0 Å². The Bertz CT molecular complexity index is 747. The summed E-state index contributed by atoms with van der Waals surface area (Å²) in [6.07, 6.45) is 1.90. The van der Waals surface area contributed by atoms with Crippen LogP contribution in [0, 0.1) is 24.2 Å². The summed E-state index contributed by atoms with van der Waals surface area (Å²) < 4.78 is 16.1. The van der Waals surface area contributed by atoms with Crippen LogP contribution in [0.2, 0.25) is 0 Å². The zero-order chi connectivity index (χ0) is 17.6. The van der Waals surface area contributed by atoms with Gasteiger partial charge in [-0.15, -0.1) is 0 Å². The SMILES string of the molecule is COc1ccc(CNC(c2nc(C)no2)C2CCOCC2)cc1C#N. The molecule has 1 aromatic heterocycles. The average molecular weight is 342 g/mol. The standard InChI is InChI=1S/C18H22N4O3/c1-12-21-18(25-22-12)17(14-5-7-24-8-6-14)20-11-13-3-4-16(23-2)15(9-13)10-19/h3-4,9,14,17,20H,5-8,11H2,1-2H3. The Kier molecular flexibility index (Phi) is 5.64. The molecular formula is C18H22N4O3. The fourth-order valence-electron chi connectivity index (χ4n) is 3.12. The number of hydrogen-bond donors (Lipinski definition) is 1. The molecule has 0 saturated carbocycles. The molecule has 0 spiro atoms. The summed E-state index contributed by atoms with van der Waals surface area (Å²) in [6.45, 7) is 3.91. The minimum absolute atomic E-state index is 0.0299. The molecule has 1 fully saturated rings. The lowest BCUT2D eigenvalue weighted by molar-refractivity contribution is 0.0485. The number of methoxy groups -OCH3 is 1. The van der Waals surface area contributed by atoms with E-state index in [9.17, 15) is 5.26 Å². The number of rotatable bonds is 6. The van der Waals surface area contributed by atoms with Crippen LogP contribution in [-0.2, 0) is 11.3 Å². The van der Waals surface area contributed by atoms with E-state index in [-0.39, 0.29) is 6.04 Å². The fraction of sp³-hybridized carbons (Fsp3) is 0.500. The zero-order valence-electron chi connectivity index (χ0n) is 14.5. The van der Waals surface area contributed by atoms with Gasteiger partial charge in [-0.1, -0.05) is 11.2 Å². The maximum atomic E-state index is 9.24. The average Bonchev–Trinajstić information content (AvgIpc) is 3.08. The van der Waals surface area contributed by atoms with Gasteiger partial charge in [0.15, 0.2) is 5.82 Å². The molecule has 1 unspecified atom stereocenters. The summed E-state index contributed by atoms with van der Waals surface area (Å²) in [4.78, 5) is 4.41.